The third-order valence-electron chi connectivity index (χ3n) is 4.43. The molecule has 0 atom stereocenters. The number of aromatic nitrogens is 2. The van der Waals surface area contributed by atoms with Crippen molar-refractivity contribution in [2.45, 2.75) is 20.0 Å². The van der Waals surface area contributed by atoms with Crippen molar-refractivity contribution in [2.24, 2.45) is 0 Å². The van der Waals surface area contributed by atoms with E-state index in [9.17, 15) is 19.3 Å². The Morgan fingerprint density at radius 2 is 2.04 bits per heavy atom. The van der Waals surface area contributed by atoms with Gasteiger partial charge >= 0.3 is 5.69 Å². The van der Waals surface area contributed by atoms with Gasteiger partial charge in [0.05, 0.1) is 4.92 Å². The summed E-state index contributed by atoms with van der Waals surface area (Å²) in [5, 5.41) is 14.9. The normalized spacial score (nSPS) is 15.2. The molecule has 1 aliphatic rings. The molecule has 0 unspecified atom stereocenters. The third kappa shape index (κ3) is 4.23. The molecule has 0 saturated carbocycles. The number of nitro groups is 1. The molecule has 1 aliphatic heterocycles. The molecule has 1 fully saturated rings. The SMILES string of the molecule is Cc1nn(CC(=O)N2CCN(Cc3cccc(F)c3)CC2)cc1[N+](=O)[O-]. The molecular formula is C17H20FN5O3. The van der Waals surface area contributed by atoms with Crippen LogP contribution in [-0.4, -0.2) is 56.6 Å². The molecule has 2 aromatic rings. The van der Waals surface area contributed by atoms with Crippen LogP contribution in [-0.2, 0) is 17.9 Å². The molecule has 1 aromatic carbocycles. The van der Waals surface area contributed by atoms with Crippen molar-refractivity contribution in [1.82, 2.24) is 19.6 Å². The quantitative estimate of drug-likeness (QED) is 0.596. The summed E-state index contributed by atoms with van der Waals surface area (Å²) < 4.78 is 14.6. The first-order chi connectivity index (χ1) is 12.4. The summed E-state index contributed by atoms with van der Waals surface area (Å²) in [5.74, 6) is -0.368. The van der Waals surface area contributed by atoms with Gasteiger partial charge in [-0.25, -0.2) is 4.39 Å². The summed E-state index contributed by atoms with van der Waals surface area (Å²) in [7, 11) is 0. The lowest BCUT2D eigenvalue weighted by molar-refractivity contribution is -0.385. The van der Waals surface area contributed by atoms with Gasteiger partial charge in [0.1, 0.15) is 24.3 Å². The zero-order valence-electron chi connectivity index (χ0n) is 14.5. The minimum atomic E-state index is -0.505. The average molecular weight is 361 g/mol. The Morgan fingerprint density at radius 1 is 1.31 bits per heavy atom. The zero-order valence-corrected chi connectivity index (χ0v) is 14.5. The largest absolute Gasteiger partial charge is 0.339 e. The van der Waals surface area contributed by atoms with E-state index >= 15 is 0 Å². The van der Waals surface area contributed by atoms with Crippen LogP contribution in [0.3, 0.4) is 0 Å². The lowest BCUT2D eigenvalue weighted by Crippen LogP contribution is -2.49. The number of hydrogen-bond donors (Lipinski definition) is 0. The monoisotopic (exact) mass is 361 g/mol. The smallest absolute Gasteiger partial charge is 0.309 e. The number of halogens is 1. The van der Waals surface area contributed by atoms with Crippen molar-refractivity contribution in [2.75, 3.05) is 26.2 Å². The maximum Gasteiger partial charge on any atom is 0.309 e. The first-order valence-electron chi connectivity index (χ1n) is 8.35. The van der Waals surface area contributed by atoms with Crippen LogP contribution in [0, 0.1) is 22.9 Å². The second-order valence-electron chi connectivity index (χ2n) is 6.34. The Bertz CT molecular complexity index is 814. The van der Waals surface area contributed by atoms with Gasteiger partial charge in [-0.3, -0.25) is 24.5 Å². The van der Waals surface area contributed by atoms with Gasteiger partial charge in [0, 0.05) is 32.7 Å². The highest BCUT2D eigenvalue weighted by Crippen LogP contribution is 2.15. The minimum absolute atomic E-state index is 0.0153. The summed E-state index contributed by atoms with van der Waals surface area (Å²) in [6.45, 7) is 4.70. The molecule has 2 heterocycles. The molecule has 0 spiro atoms. The lowest BCUT2D eigenvalue weighted by atomic mass is 10.2. The molecule has 26 heavy (non-hydrogen) atoms. The van der Waals surface area contributed by atoms with Gasteiger partial charge in [-0.2, -0.15) is 5.10 Å². The molecule has 138 valence electrons. The number of benzene rings is 1. The van der Waals surface area contributed by atoms with Crippen LogP contribution in [0.5, 0.6) is 0 Å². The Balaban J connectivity index is 1.52. The van der Waals surface area contributed by atoms with Gasteiger partial charge < -0.3 is 4.90 Å². The molecule has 1 saturated heterocycles. The number of rotatable bonds is 5. The van der Waals surface area contributed by atoms with E-state index in [1.165, 1.54) is 23.0 Å². The third-order valence-corrected chi connectivity index (χ3v) is 4.43. The molecular weight excluding hydrogens is 341 g/mol. The number of nitrogens with zero attached hydrogens (tertiary/aromatic N) is 5. The highest BCUT2D eigenvalue weighted by Gasteiger charge is 2.23. The van der Waals surface area contributed by atoms with E-state index in [0.29, 0.717) is 38.4 Å². The van der Waals surface area contributed by atoms with Gasteiger partial charge in [-0.05, 0) is 24.6 Å². The van der Waals surface area contributed by atoms with Crippen LogP contribution in [0.4, 0.5) is 10.1 Å². The van der Waals surface area contributed by atoms with Crippen molar-refractivity contribution in [3.05, 3.63) is 57.7 Å². The number of carbonyl (C=O) groups is 1. The average Bonchev–Trinajstić information content (AvgIpc) is 2.96. The van der Waals surface area contributed by atoms with E-state index in [1.807, 2.05) is 6.07 Å². The Kier molecular flexibility index (Phi) is 5.27. The van der Waals surface area contributed by atoms with E-state index in [4.69, 9.17) is 0 Å². The molecule has 0 N–H and O–H groups in total. The van der Waals surface area contributed by atoms with Crippen LogP contribution < -0.4 is 0 Å². The first kappa shape index (κ1) is 18.0. The van der Waals surface area contributed by atoms with Gasteiger partial charge in [0.15, 0.2) is 0 Å². The summed E-state index contributed by atoms with van der Waals surface area (Å²) in [4.78, 5) is 26.6. The fraction of sp³-hybridized carbons (Fsp3) is 0.412. The molecule has 1 aromatic heterocycles. The molecule has 8 nitrogen and oxygen atoms in total. The van der Waals surface area contributed by atoms with E-state index in [1.54, 1.807) is 17.9 Å². The van der Waals surface area contributed by atoms with Crippen molar-refractivity contribution in [3.63, 3.8) is 0 Å². The van der Waals surface area contributed by atoms with Crippen LogP contribution in [0.1, 0.15) is 11.3 Å². The van der Waals surface area contributed by atoms with Gasteiger partial charge in [0.2, 0.25) is 5.91 Å². The Morgan fingerprint density at radius 3 is 2.65 bits per heavy atom. The topological polar surface area (TPSA) is 84.5 Å². The number of hydrogen-bond acceptors (Lipinski definition) is 5. The van der Waals surface area contributed by atoms with Crippen molar-refractivity contribution in [1.29, 1.82) is 0 Å². The molecule has 3 rings (SSSR count). The molecule has 0 aliphatic carbocycles. The van der Waals surface area contributed by atoms with Gasteiger partial charge in [-0.1, -0.05) is 12.1 Å². The summed E-state index contributed by atoms with van der Waals surface area (Å²) in [6, 6.07) is 6.51. The number of carbonyl (C=O) groups excluding carboxylic acids is 1. The van der Waals surface area contributed by atoms with Crippen LogP contribution in [0.25, 0.3) is 0 Å². The number of piperazine rings is 1. The molecule has 1 amide bonds. The molecule has 0 radical (unpaired) electrons. The number of amides is 1. The summed E-state index contributed by atoms with van der Waals surface area (Å²) in [5.41, 5.74) is 1.12. The van der Waals surface area contributed by atoms with Gasteiger partial charge in [-0.15, -0.1) is 0 Å². The highest BCUT2D eigenvalue weighted by atomic mass is 19.1. The first-order valence-corrected chi connectivity index (χ1v) is 8.35. The van der Waals surface area contributed by atoms with Crippen molar-refractivity contribution >= 4 is 11.6 Å². The summed E-state index contributed by atoms with van der Waals surface area (Å²) >= 11 is 0. The van der Waals surface area contributed by atoms with E-state index < -0.39 is 4.92 Å². The van der Waals surface area contributed by atoms with E-state index in [-0.39, 0.29) is 24.0 Å². The second kappa shape index (κ2) is 7.61. The standard InChI is InChI=1S/C17H20FN5O3/c1-13-16(23(25)26)11-22(19-13)12-17(24)21-7-5-20(6-8-21)10-14-3-2-4-15(18)9-14/h2-4,9,11H,5-8,10,12H2,1H3. The number of aryl methyl sites for hydroxylation is 1. The predicted octanol–water partition coefficient (Wildman–Crippen LogP) is 1.58. The van der Waals surface area contributed by atoms with Gasteiger partial charge in [0.25, 0.3) is 0 Å². The fourth-order valence-corrected chi connectivity index (χ4v) is 3.06. The van der Waals surface area contributed by atoms with Crippen molar-refractivity contribution in [3.8, 4) is 0 Å². The van der Waals surface area contributed by atoms with Crippen LogP contribution >= 0.6 is 0 Å². The van der Waals surface area contributed by atoms with Crippen LogP contribution in [0.15, 0.2) is 30.5 Å². The maximum atomic E-state index is 13.3. The molecule has 9 heteroatoms. The maximum absolute atomic E-state index is 13.3. The van der Waals surface area contributed by atoms with Crippen LogP contribution in [0.2, 0.25) is 0 Å². The van der Waals surface area contributed by atoms with E-state index in [2.05, 4.69) is 10.00 Å². The zero-order chi connectivity index (χ0) is 18.7. The van der Waals surface area contributed by atoms with Crippen molar-refractivity contribution < 1.29 is 14.1 Å². The second-order valence-corrected chi connectivity index (χ2v) is 6.34. The summed E-state index contributed by atoms with van der Waals surface area (Å²) in [6.07, 6.45) is 1.29. The Hall–Kier alpha value is -2.81. The lowest BCUT2D eigenvalue weighted by Gasteiger charge is -2.34. The fourth-order valence-electron chi connectivity index (χ4n) is 3.06. The highest BCUT2D eigenvalue weighted by molar-refractivity contribution is 5.76. The minimum Gasteiger partial charge on any atom is -0.339 e. The van der Waals surface area contributed by atoms with E-state index in [0.717, 1.165) is 5.56 Å². The Labute approximate surface area is 150 Å². The predicted molar refractivity (Wildman–Crippen MR) is 91.9 cm³/mol. The molecule has 0 bridgehead atoms.